The lowest BCUT2D eigenvalue weighted by molar-refractivity contribution is -0.116. The fourth-order valence-corrected chi connectivity index (χ4v) is 2.01. The molecule has 2 rings (SSSR count). The minimum absolute atomic E-state index is 0.0318. The molecule has 0 bridgehead atoms. The second kappa shape index (κ2) is 5.83. The fraction of sp³-hybridized carbons (Fsp3) is 0.286. The van der Waals surface area contributed by atoms with Crippen LogP contribution >= 0.6 is 11.6 Å². The summed E-state index contributed by atoms with van der Waals surface area (Å²) in [6.07, 6.45) is 4.14. The van der Waals surface area contributed by atoms with Crippen molar-refractivity contribution in [2.75, 3.05) is 5.32 Å². The van der Waals surface area contributed by atoms with Crippen molar-refractivity contribution in [3.63, 3.8) is 0 Å². The number of benzene rings is 1. The molecule has 2 aromatic rings. The maximum atomic E-state index is 11.7. The molecule has 0 radical (unpaired) electrons. The van der Waals surface area contributed by atoms with Gasteiger partial charge in [0.25, 0.3) is 0 Å². The van der Waals surface area contributed by atoms with Gasteiger partial charge in [0.05, 0.1) is 16.2 Å². The summed E-state index contributed by atoms with van der Waals surface area (Å²) in [6.45, 7) is 2.06. The van der Waals surface area contributed by atoms with Gasteiger partial charge in [-0.05, 0) is 30.7 Å². The highest BCUT2D eigenvalue weighted by Gasteiger charge is 2.08. The topological polar surface area (TPSA) is 42.0 Å². The average Bonchev–Trinajstić information content (AvgIpc) is 2.40. The Morgan fingerprint density at radius 1 is 1.39 bits per heavy atom. The van der Waals surface area contributed by atoms with E-state index in [2.05, 4.69) is 17.2 Å². The number of pyridine rings is 1. The Morgan fingerprint density at radius 3 is 3.00 bits per heavy atom. The van der Waals surface area contributed by atoms with Crippen LogP contribution in [0.2, 0.25) is 5.02 Å². The normalized spacial score (nSPS) is 10.6. The van der Waals surface area contributed by atoms with Crippen LogP contribution in [-0.2, 0) is 4.79 Å². The summed E-state index contributed by atoms with van der Waals surface area (Å²) in [7, 11) is 0. The predicted octanol–water partition coefficient (Wildman–Crippen LogP) is 4.02. The first-order valence-electron chi connectivity index (χ1n) is 6.05. The number of amides is 1. The van der Waals surface area contributed by atoms with E-state index in [0.29, 0.717) is 17.0 Å². The molecule has 0 spiro atoms. The van der Waals surface area contributed by atoms with Gasteiger partial charge in [0, 0.05) is 18.0 Å². The van der Waals surface area contributed by atoms with E-state index < -0.39 is 0 Å². The van der Waals surface area contributed by atoms with Gasteiger partial charge in [0.15, 0.2) is 0 Å². The first kappa shape index (κ1) is 12.8. The summed E-state index contributed by atoms with van der Waals surface area (Å²) >= 11 is 6.07. The van der Waals surface area contributed by atoms with Gasteiger partial charge in [-0.3, -0.25) is 9.78 Å². The highest BCUT2D eigenvalue weighted by Crippen LogP contribution is 2.28. The lowest BCUT2D eigenvalue weighted by Crippen LogP contribution is -2.11. The Hall–Kier alpha value is -1.61. The summed E-state index contributed by atoms with van der Waals surface area (Å²) < 4.78 is 0. The predicted molar refractivity (Wildman–Crippen MR) is 74.9 cm³/mol. The van der Waals surface area contributed by atoms with Crippen LogP contribution < -0.4 is 5.32 Å². The lowest BCUT2D eigenvalue weighted by Gasteiger charge is -2.09. The number of hydrogen-bond acceptors (Lipinski definition) is 2. The summed E-state index contributed by atoms with van der Waals surface area (Å²) in [5.41, 5.74) is 1.48. The van der Waals surface area contributed by atoms with Gasteiger partial charge in [0.1, 0.15) is 0 Å². The largest absolute Gasteiger partial charge is 0.325 e. The van der Waals surface area contributed by atoms with Gasteiger partial charge in [-0.1, -0.05) is 24.9 Å². The van der Waals surface area contributed by atoms with Gasteiger partial charge >= 0.3 is 0 Å². The van der Waals surface area contributed by atoms with Gasteiger partial charge in [-0.2, -0.15) is 0 Å². The standard InChI is InChI=1S/C14H15ClN2O/c1-2-3-6-13(18)17-12-8-7-11(15)14-10(12)5-4-9-16-14/h4-5,7-9H,2-3,6H2,1H3,(H,17,18). The van der Waals surface area contributed by atoms with Gasteiger partial charge in [0.2, 0.25) is 5.91 Å². The zero-order chi connectivity index (χ0) is 13.0. The first-order valence-corrected chi connectivity index (χ1v) is 6.43. The van der Waals surface area contributed by atoms with Crippen molar-refractivity contribution < 1.29 is 4.79 Å². The van der Waals surface area contributed by atoms with E-state index in [1.807, 2.05) is 18.2 Å². The Bertz CT molecular complexity index is 569. The molecule has 0 fully saturated rings. The number of halogens is 1. The van der Waals surface area contributed by atoms with Crippen molar-refractivity contribution in [1.29, 1.82) is 0 Å². The van der Waals surface area contributed by atoms with Crippen LogP contribution in [0.5, 0.6) is 0 Å². The summed E-state index contributed by atoms with van der Waals surface area (Å²) in [5, 5.41) is 4.37. The fourth-order valence-electron chi connectivity index (χ4n) is 1.80. The molecule has 0 aliphatic rings. The SMILES string of the molecule is CCCCC(=O)Nc1ccc(Cl)c2ncccc12. The van der Waals surface area contributed by atoms with E-state index >= 15 is 0 Å². The number of carbonyl (C=O) groups excluding carboxylic acids is 1. The second-order valence-corrected chi connectivity index (χ2v) is 4.55. The van der Waals surface area contributed by atoms with E-state index in [1.54, 1.807) is 12.3 Å². The maximum Gasteiger partial charge on any atom is 0.224 e. The molecule has 0 unspecified atom stereocenters. The summed E-state index contributed by atoms with van der Waals surface area (Å²) in [5.74, 6) is 0.0318. The number of nitrogens with one attached hydrogen (secondary N) is 1. The smallest absolute Gasteiger partial charge is 0.224 e. The molecule has 0 saturated heterocycles. The lowest BCUT2D eigenvalue weighted by atomic mass is 10.1. The average molecular weight is 263 g/mol. The summed E-state index contributed by atoms with van der Waals surface area (Å²) in [6, 6.07) is 7.31. The molecule has 18 heavy (non-hydrogen) atoms. The molecule has 0 atom stereocenters. The van der Waals surface area contributed by atoms with Crippen LogP contribution in [0.25, 0.3) is 10.9 Å². The quantitative estimate of drug-likeness (QED) is 0.904. The highest BCUT2D eigenvalue weighted by atomic mass is 35.5. The number of unbranched alkanes of at least 4 members (excludes halogenated alkanes) is 1. The monoisotopic (exact) mass is 262 g/mol. The van der Waals surface area contributed by atoms with Crippen molar-refractivity contribution in [3.8, 4) is 0 Å². The van der Waals surface area contributed by atoms with Crippen molar-refractivity contribution in [1.82, 2.24) is 4.98 Å². The van der Waals surface area contributed by atoms with Gasteiger partial charge in [-0.15, -0.1) is 0 Å². The zero-order valence-electron chi connectivity index (χ0n) is 10.2. The third kappa shape index (κ3) is 2.79. The van der Waals surface area contributed by atoms with Crippen molar-refractivity contribution in [2.24, 2.45) is 0 Å². The highest BCUT2D eigenvalue weighted by molar-refractivity contribution is 6.35. The second-order valence-electron chi connectivity index (χ2n) is 4.15. The van der Waals surface area contributed by atoms with Gasteiger partial charge in [-0.25, -0.2) is 0 Å². The molecular formula is C14H15ClN2O. The van der Waals surface area contributed by atoms with Crippen molar-refractivity contribution in [3.05, 3.63) is 35.5 Å². The van der Waals surface area contributed by atoms with E-state index in [9.17, 15) is 4.79 Å². The third-order valence-corrected chi connectivity index (χ3v) is 3.06. The minimum atomic E-state index is 0.0318. The van der Waals surface area contributed by atoms with Crippen LogP contribution in [0.15, 0.2) is 30.5 Å². The van der Waals surface area contributed by atoms with Gasteiger partial charge < -0.3 is 5.32 Å². The maximum absolute atomic E-state index is 11.7. The van der Waals surface area contributed by atoms with E-state index in [0.717, 1.165) is 23.9 Å². The zero-order valence-corrected chi connectivity index (χ0v) is 11.0. The molecule has 1 aromatic carbocycles. The Balaban J connectivity index is 2.29. The molecule has 0 aliphatic heterocycles. The van der Waals surface area contributed by atoms with Crippen molar-refractivity contribution in [2.45, 2.75) is 26.2 Å². The molecule has 94 valence electrons. The molecule has 0 saturated carbocycles. The molecule has 0 aliphatic carbocycles. The number of rotatable bonds is 4. The Labute approximate surface area is 111 Å². The Kier molecular flexibility index (Phi) is 4.15. The number of aromatic nitrogens is 1. The van der Waals surface area contributed by atoms with Crippen LogP contribution in [0.4, 0.5) is 5.69 Å². The molecular weight excluding hydrogens is 248 g/mol. The molecule has 1 heterocycles. The Morgan fingerprint density at radius 2 is 2.22 bits per heavy atom. The number of nitrogens with zero attached hydrogens (tertiary/aromatic N) is 1. The first-order chi connectivity index (χ1) is 8.72. The van der Waals surface area contributed by atoms with E-state index in [4.69, 9.17) is 11.6 Å². The minimum Gasteiger partial charge on any atom is -0.325 e. The number of hydrogen-bond donors (Lipinski definition) is 1. The van der Waals surface area contributed by atoms with Crippen LogP contribution in [0.3, 0.4) is 0 Å². The van der Waals surface area contributed by atoms with Crippen LogP contribution in [-0.4, -0.2) is 10.9 Å². The van der Waals surface area contributed by atoms with E-state index in [1.165, 1.54) is 0 Å². The molecule has 1 N–H and O–H groups in total. The number of anilines is 1. The number of fused-ring (bicyclic) bond motifs is 1. The third-order valence-electron chi connectivity index (χ3n) is 2.75. The molecule has 4 heteroatoms. The van der Waals surface area contributed by atoms with Crippen LogP contribution in [0.1, 0.15) is 26.2 Å². The number of carbonyl (C=O) groups is 1. The molecule has 1 amide bonds. The molecule has 3 nitrogen and oxygen atoms in total. The molecule has 1 aromatic heterocycles. The van der Waals surface area contributed by atoms with E-state index in [-0.39, 0.29) is 5.91 Å². The van der Waals surface area contributed by atoms with Crippen LogP contribution in [0, 0.1) is 0 Å². The summed E-state index contributed by atoms with van der Waals surface area (Å²) in [4.78, 5) is 16.0. The van der Waals surface area contributed by atoms with Crippen molar-refractivity contribution >= 4 is 34.1 Å².